The second-order valence-electron chi connectivity index (χ2n) is 5.77. The zero-order valence-corrected chi connectivity index (χ0v) is 14.5. The number of benzene rings is 2. The predicted octanol–water partition coefficient (Wildman–Crippen LogP) is 3.86. The van der Waals surface area contributed by atoms with Crippen molar-refractivity contribution < 1.29 is 19.0 Å². The van der Waals surface area contributed by atoms with Crippen LogP contribution in [0.2, 0.25) is 0 Å². The molecule has 1 fully saturated rings. The van der Waals surface area contributed by atoms with E-state index in [1.54, 1.807) is 24.3 Å². The van der Waals surface area contributed by atoms with Crippen LogP contribution >= 0.6 is 15.9 Å². The maximum atomic E-state index is 13.4. The Morgan fingerprint density at radius 1 is 1.29 bits per heavy atom. The van der Waals surface area contributed by atoms with E-state index < -0.39 is 5.97 Å². The van der Waals surface area contributed by atoms with Crippen LogP contribution in [0.4, 0.5) is 4.39 Å². The maximum absolute atomic E-state index is 13.4. The van der Waals surface area contributed by atoms with Crippen molar-refractivity contribution in [1.29, 1.82) is 0 Å². The predicted molar refractivity (Wildman–Crippen MR) is 91.5 cm³/mol. The van der Waals surface area contributed by atoms with Crippen LogP contribution in [0.3, 0.4) is 0 Å². The third kappa shape index (κ3) is 4.01. The van der Waals surface area contributed by atoms with Gasteiger partial charge in [0.05, 0.1) is 22.7 Å². The summed E-state index contributed by atoms with van der Waals surface area (Å²) in [5.41, 5.74) is 2.28. The number of carboxylic acids is 1. The van der Waals surface area contributed by atoms with E-state index in [2.05, 4.69) is 20.8 Å². The van der Waals surface area contributed by atoms with E-state index in [0.717, 1.165) is 24.2 Å². The summed E-state index contributed by atoms with van der Waals surface area (Å²) in [6.07, 6.45) is -0.103. The molecule has 24 heavy (non-hydrogen) atoms. The minimum atomic E-state index is -0.921. The summed E-state index contributed by atoms with van der Waals surface area (Å²) < 4.78 is 19.6. The fourth-order valence-corrected chi connectivity index (χ4v) is 3.17. The Kier molecular flexibility index (Phi) is 5.28. The molecule has 3 rings (SSSR count). The van der Waals surface area contributed by atoms with E-state index in [9.17, 15) is 9.18 Å². The number of aromatic carboxylic acids is 1. The average Bonchev–Trinajstić information content (AvgIpc) is 2.58. The van der Waals surface area contributed by atoms with Crippen LogP contribution in [-0.4, -0.2) is 35.7 Å². The zero-order valence-electron chi connectivity index (χ0n) is 12.9. The summed E-state index contributed by atoms with van der Waals surface area (Å²) in [7, 11) is 0. The highest BCUT2D eigenvalue weighted by molar-refractivity contribution is 9.10. The normalized spacial score (nSPS) is 18.5. The first-order valence-electron chi connectivity index (χ1n) is 7.64. The number of morpholine rings is 1. The molecule has 4 nitrogen and oxygen atoms in total. The van der Waals surface area contributed by atoms with Gasteiger partial charge in [0.15, 0.2) is 0 Å². The first-order valence-corrected chi connectivity index (χ1v) is 8.43. The van der Waals surface area contributed by atoms with Crippen molar-refractivity contribution in [1.82, 2.24) is 4.90 Å². The van der Waals surface area contributed by atoms with Gasteiger partial charge in [-0.05, 0) is 51.3 Å². The highest BCUT2D eigenvalue weighted by Gasteiger charge is 2.22. The summed E-state index contributed by atoms with van der Waals surface area (Å²) in [5, 5.41) is 8.94. The molecule has 0 radical (unpaired) electrons. The van der Waals surface area contributed by atoms with Gasteiger partial charge in [-0.15, -0.1) is 0 Å². The van der Waals surface area contributed by atoms with Gasteiger partial charge in [-0.3, -0.25) is 4.90 Å². The fraction of sp³-hybridized carbons (Fsp3) is 0.278. The molecule has 1 heterocycles. The maximum Gasteiger partial charge on any atom is 0.335 e. The molecule has 1 unspecified atom stereocenters. The van der Waals surface area contributed by atoms with Crippen molar-refractivity contribution in [2.75, 3.05) is 19.7 Å². The van der Waals surface area contributed by atoms with Crippen molar-refractivity contribution >= 4 is 21.9 Å². The summed E-state index contributed by atoms with van der Waals surface area (Å²) >= 11 is 3.21. The second kappa shape index (κ2) is 7.42. The first kappa shape index (κ1) is 17.1. The lowest BCUT2D eigenvalue weighted by Gasteiger charge is -2.33. The number of carboxylic acid groups (broad SMARTS) is 1. The molecular formula is C18H17BrFNO3. The molecule has 1 N–H and O–H groups in total. The van der Waals surface area contributed by atoms with Crippen LogP contribution in [0.15, 0.2) is 46.9 Å². The van der Waals surface area contributed by atoms with Crippen molar-refractivity contribution in [2.24, 2.45) is 0 Å². The van der Waals surface area contributed by atoms with Gasteiger partial charge in [0.1, 0.15) is 5.82 Å². The van der Waals surface area contributed by atoms with Crippen molar-refractivity contribution in [2.45, 2.75) is 12.6 Å². The largest absolute Gasteiger partial charge is 0.478 e. The SMILES string of the molecule is O=C(O)c1ccc(CN2CCOC(c3ccc(F)c(Br)c3)C2)cc1. The van der Waals surface area contributed by atoms with Gasteiger partial charge < -0.3 is 9.84 Å². The van der Waals surface area contributed by atoms with Crippen LogP contribution in [0.25, 0.3) is 0 Å². The molecule has 2 aromatic carbocycles. The summed E-state index contributed by atoms with van der Waals surface area (Å²) in [6.45, 7) is 2.84. The molecule has 1 aliphatic heterocycles. The molecule has 0 aromatic heterocycles. The van der Waals surface area contributed by atoms with E-state index in [0.29, 0.717) is 17.6 Å². The van der Waals surface area contributed by atoms with Crippen LogP contribution in [0.1, 0.15) is 27.6 Å². The Bertz CT molecular complexity index is 736. The van der Waals surface area contributed by atoms with Crippen molar-refractivity contribution in [3.63, 3.8) is 0 Å². The van der Waals surface area contributed by atoms with Crippen LogP contribution in [0.5, 0.6) is 0 Å². The Morgan fingerprint density at radius 3 is 2.71 bits per heavy atom. The highest BCUT2D eigenvalue weighted by Crippen LogP contribution is 2.27. The van der Waals surface area contributed by atoms with E-state index in [1.165, 1.54) is 6.07 Å². The number of ether oxygens (including phenoxy) is 1. The van der Waals surface area contributed by atoms with Gasteiger partial charge in [-0.25, -0.2) is 9.18 Å². The van der Waals surface area contributed by atoms with Gasteiger partial charge in [-0.1, -0.05) is 18.2 Å². The monoisotopic (exact) mass is 393 g/mol. The van der Waals surface area contributed by atoms with Crippen LogP contribution in [-0.2, 0) is 11.3 Å². The molecule has 1 atom stereocenters. The number of hydrogen-bond acceptors (Lipinski definition) is 3. The molecule has 0 spiro atoms. The molecule has 6 heteroatoms. The Hall–Kier alpha value is -1.76. The van der Waals surface area contributed by atoms with Crippen molar-refractivity contribution in [3.8, 4) is 0 Å². The van der Waals surface area contributed by atoms with Crippen LogP contribution < -0.4 is 0 Å². The van der Waals surface area contributed by atoms with E-state index in [1.807, 2.05) is 12.1 Å². The summed E-state index contributed by atoms with van der Waals surface area (Å²) in [4.78, 5) is 13.1. The van der Waals surface area contributed by atoms with E-state index in [4.69, 9.17) is 9.84 Å². The third-order valence-electron chi connectivity index (χ3n) is 4.07. The molecule has 0 saturated carbocycles. The number of nitrogens with zero attached hydrogens (tertiary/aromatic N) is 1. The quantitative estimate of drug-likeness (QED) is 0.856. The molecule has 0 aliphatic carbocycles. The lowest BCUT2D eigenvalue weighted by Crippen LogP contribution is -2.37. The Balaban J connectivity index is 1.66. The first-order chi connectivity index (χ1) is 11.5. The van der Waals surface area contributed by atoms with Gasteiger partial charge >= 0.3 is 5.97 Å². The van der Waals surface area contributed by atoms with Crippen molar-refractivity contribution in [3.05, 3.63) is 69.4 Å². The standard InChI is InChI=1S/C18H17BrFNO3/c19-15-9-14(5-6-16(15)20)17-11-21(7-8-24-17)10-12-1-3-13(4-2-12)18(22)23/h1-6,9,17H,7-8,10-11H2,(H,22,23). The number of hydrogen-bond donors (Lipinski definition) is 1. The molecule has 0 amide bonds. The minimum Gasteiger partial charge on any atom is -0.478 e. The second-order valence-corrected chi connectivity index (χ2v) is 6.62. The Labute approximate surface area is 148 Å². The average molecular weight is 394 g/mol. The number of carbonyl (C=O) groups is 1. The lowest BCUT2D eigenvalue weighted by atomic mass is 10.1. The summed E-state index contributed by atoms with van der Waals surface area (Å²) in [5.74, 6) is -1.21. The Morgan fingerprint density at radius 2 is 2.04 bits per heavy atom. The lowest BCUT2D eigenvalue weighted by molar-refractivity contribution is -0.0329. The van der Waals surface area contributed by atoms with E-state index in [-0.39, 0.29) is 17.5 Å². The summed E-state index contributed by atoms with van der Waals surface area (Å²) in [6, 6.07) is 11.8. The zero-order chi connectivity index (χ0) is 17.1. The third-order valence-corrected chi connectivity index (χ3v) is 4.68. The smallest absolute Gasteiger partial charge is 0.335 e. The molecule has 0 bridgehead atoms. The molecular weight excluding hydrogens is 377 g/mol. The number of halogens is 2. The van der Waals surface area contributed by atoms with Gasteiger partial charge in [-0.2, -0.15) is 0 Å². The van der Waals surface area contributed by atoms with Gasteiger partial charge in [0.25, 0.3) is 0 Å². The molecule has 1 aliphatic rings. The van der Waals surface area contributed by atoms with Gasteiger partial charge in [0, 0.05) is 19.6 Å². The highest BCUT2D eigenvalue weighted by atomic mass is 79.9. The molecule has 1 saturated heterocycles. The van der Waals surface area contributed by atoms with Gasteiger partial charge in [0.2, 0.25) is 0 Å². The van der Waals surface area contributed by atoms with Crippen LogP contribution in [0, 0.1) is 5.82 Å². The fourth-order valence-electron chi connectivity index (χ4n) is 2.77. The minimum absolute atomic E-state index is 0.103. The molecule has 126 valence electrons. The topological polar surface area (TPSA) is 49.8 Å². The molecule has 2 aromatic rings. The van der Waals surface area contributed by atoms with E-state index >= 15 is 0 Å². The number of rotatable bonds is 4.